The van der Waals surface area contributed by atoms with Gasteiger partial charge < -0.3 is 25.4 Å². The number of hydrogen-bond donors (Lipinski definition) is 3. The summed E-state index contributed by atoms with van der Waals surface area (Å²) in [5, 5.41) is 19.6. The Morgan fingerprint density at radius 2 is 2.06 bits per heavy atom. The van der Waals surface area contributed by atoms with Crippen molar-refractivity contribution in [3.63, 3.8) is 0 Å². The number of nitrogens with one attached hydrogen (secondary N) is 3. The van der Waals surface area contributed by atoms with Crippen LogP contribution in [0.3, 0.4) is 0 Å². The molecule has 3 amide bonds. The van der Waals surface area contributed by atoms with E-state index in [1.807, 2.05) is 0 Å². The highest BCUT2D eigenvalue weighted by atomic mass is 16.5. The lowest BCUT2D eigenvalue weighted by Crippen LogP contribution is -2.47. The molecule has 34 heavy (non-hydrogen) atoms. The fourth-order valence-electron chi connectivity index (χ4n) is 3.55. The summed E-state index contributed by atoms with van der Waals surface area (Å²) in [6.45, 7) is 0.748. The van der Waals surface area contributed by atoms with Gasteiger partial charge in [-0.15, -0.1) is 5.10 Å². The smallest absolute Gasteiger partial charge is 0.255 e. The Balaban J connectivity index is 1.44. The Hall–Kier alpha value is -4.22. The van der Waals surface area contributed by atoms with Crippen LogP contribution in [0.2, 0.25) is 0 Å². The van der Waals surface area contributed by atoms with Crippen molar-refractivity contribution in [1.29, 1.82) is 0 Å². The quantitative estimate of drug-likeness (QED) is 0.499. The number of ether oxygens (including phenoxy) is 2. The zero-order valence-corrected chi connectivity index (χ0v) is 18.6. The van der Waals surface area contributed by atoms with Crippen molar-refractivity contribution in [3.8, 4) is 11.5 Å². The fourth-order valence-corrected chi connectivity index (χ4v) is 3.55. The van der Waals surface area contributed by atoms with Crippen LogP contribution in [0, 0.1) is 0 Å². The molecule has 3 N–H and O–H groups in total. The number of benzene rings is 1. The highest BCUT2D eigenvalue weighted by Gasteiger charge is 2.22. The van der Waals surface area contributed by atoms with Crippen molar-refractivity contribution in [3.05, 3.63) is 47.7 Å². The van der Waals surface area contributed by atoms with Gasteiger partial charge >= 0.3 is 0 Å². The standard InChI is InChI=1S/C22H25N7O5/c1-33-15-6-7-16-18(12-15)34-11-10-24-22(32)17(4-2-3-9-23-21(16)31)25-20(30)14-5-8-19-26-27-28-29(19)13-14/h5-8,12-13,17H,2-4,9-11H2,1H3,(H,23,31)(H,24,32)(H,25,30)/t17-/m0/s1. The first-order chi connectivity index (χ1) is 16.5. The Bertz CT molecular complexity index is 1200. The molecular formula is C22H25N7O5. The van der Waals surface area contributed by atoms with E-state index in [0.717, 1.165) is 0 Å². The van der Waals surface area contributed by atoms with Gasteiger partial charge in [0.05, 0.1) is 24.8 Å². The van der Waals surface area contributed by atoms with Crippen LogP contribution in [0.25, 0.3) is 5.65 Å². The van der Waals surface area contributed by atoms with E-state index in [1.54, 1.807) is 30.3 Å². The van der Waals surface area contributed by atoms with Crippen molar-refractivity contribution in [2.75, 3.05) is 26.8 Å². The topological polar surface area (TPSA) is 149 Å². The number of aromatic nitrogens is 4. The average Bonchev–Trinajstić information content (AvgIpc) is 3.32. The van der Waals surface area contributed by atoms with Crippen LogP contribution in [0.5, 0.6) is 11.5 Å². The number of amides is 3. The van der Waals surface area contributed by atoms with E-state index in [4.69, 9.17) is 9.47 Å². The number of carbonyl (C=O) groups is 3. The summed E-state index contributed by atoms with van der Waals surface area (Å²) in [5.74, 6) is -0.0522. The van der Waals surface area contributed by atoms with Crippen molar-refractivity contribution >= 4 is 23.4 Å². The van der Waals surface area contributed by atoms with Gasteiger partial charge in [-0.1, -0.05) is 0 Å². The fraction of sp³-hybridized carbons (Fsp3) is 0.364. The Morgan fingerprint density at radius 1 is 1.18 bits per heavy atom. The maximum Gasteiger partial charge on any atom is 0.255 e. The number of nitrogens with zero attached hydrogens (tertiary/aromatic N) is 4. The third-order valence-corrected chi connectivity index (χ3v) is 5.37. The molecule has 0 fully saturated rings. The predicted molar refractivity (Wildman–Crippen MR) is 120 cm³/mol. The first kappa shape index (κ1) is 23.0. The number of hydrogen-bond acceptors (Lipinski definition) is 8. The van der Waals surface area contributed by atoms with Crippen LogP contribution < -0.4 is 25.4 Å². The van der Waals surface area contributed by atoms with Gasteiger partial charge in [-0.2, -0.15) is 4.52 Å². The summed E-state index contributed by atoms with van der Waals surface area (Å²) in [5.41, 5.74) is 1.23. The predicted octanol–water partition coefficient (Wildman–Crippen LogP) is 0.340. The molecule has 0 unspecified atom stereocenters. The molecular weight excluding hydrogens is 442 g/mol. The van der Waals surface area contributed by atoms with E-state index in [2.05, 4.69) is 31.5 Å². The van der Waals surface area contributed by atoms with Crippen molar-refractivity contribution in [2.24, 2.45) is 0 Å². The summed E-state index contributed by atoms with van der Waals surface area (Å²) in [6.07, 6.45) is 3.17. The third kappa shape index (κ3) is 5.39. The number of carbonyl (C=O) groups excluding carboxylic acids is 3. The normalized spacial score (nSPS) is 17.5. The number of methoxy groups -OCH3 is 1. The minimum atomic E-state index is -0.747. The molecule has 1 aliphatic heterocycles. The molecule has 0 saturated heterocycles. The number of fused-ring (bicyclic) bond motifs is 2. The van der Waals surface area contributed by atoms with Gasteiger partial charge in [0.1, 0.15) is 24.1 Å². The van der Waals surface area contributed by atoms with E-state index in [-0.39, 0.29) is 25.0 Å². The lowest BCUT2D eigenvalue weighted by atomic mass is 10.1. The molecule has 1 aromatic carbocycles. The summed E-state index contributed by atoms with van der Waals surface area (Å²) in [7, 11) is 1.53. The molecule has 1 aliphatic rings. The van der Waals surface area contributed by atoms with Crippen LogP contribution in [-0.4, -0.2) is 70.6 Å². The third-order valence-electron chi connectivity index (χ3n) is 5.37. The lowest BCUT2D eigenvalue weighted by Gasteiger charge is -2.20. The van der Waals surface area contributed by atoms with E-state index in [1.165, 1.54) is 17.8 Å². The summed E-state index contributed by atoms with van der Waals surface area (Å²) >= 11 is 0. The van der Waals surface area contributed by atoms with E-state index in [0.29, 0.717) is 54.1 Å². The number of tetrazole rings is 1. The summed E-state index contributed by atoms with van der Waals surface area (Å²) in [6, 6.07) is 7.44. The summed E-state index contributed by atoms with van der Waals surface area (Å²) in [4.78, 5) is 38.2. The lowest BCUT2D eigenvalue weighted by molar-refractivity contribution is -0.123. The van der Waals surface area contributed by atoms with Gasteiger partial charge in [-0.3, -0.25) is 14.4 Å². The van der Waals surface area contributed by atoms with Crippen molar-refractivity contribution in [2.45, 2.75) is 25.3 Å². The minimum absolute atomic E-state index is 0.135. The minimum Gasteiger partial charge on any atom is -0.497 e. The maximum absolute atomic E-state index is 12.8. The van der Waals surface area contributed by atoms with Crippen LogP contribution in [0.15, 0.2) is 36.5 Å². The highest BCUT2D eigenvalue weighted by Crippen LogP contribution is 2.25. The Morgan fingerprint density at radius 3 is 2.91 bits per heavy atom. The molecule has 1 atom stereocenters. The van der Waals surface area contributed by atoms with E-state index < -0.39 is 11.9 Å². The molecule has 0 aliphatic carbocycles. The van der Waals surface area contributed by atoms with Crippen LogP contribution in [0.4, 0.5) is 0 Å². The van der Waals surface area contributed by atoms with Gasteiger partial charge in [-0.05, 0) is 54.0 Å². The van der Waals surface area contributed by atoms with Crippen LogP contribution >= 0.6 is 0 Å². The molecule has 0 bridgehead atoms. The Labute approximate surface area is 195 Å². The molecule has 12 heteroatoms. The molecule has 3 aromatic rings. The molecule has 2 aromatic heterocycles. The first-order valence-electron chi connectivity index (χ1n) is 10.9. The highest BCUT2D eigenvalue weighted by molar-refractivity contribution is 5.98. The largest absolute Gasteiger partial charge is 0.497 e. The second-order valence-electron chi connectivity index (χ2n) is 7.68. The van der Waals surface area contributed by atoms with Crippen LogP contribution in [-0.2, 0) is 4.79 Å². The van der Waals surface area contributed by atoms with Crippen molar-refractivity contribution in [1.82, 2.24) is 36.0 Å². The molecule has 0 saturated carbocycles. The number of pyridine rings is 1. The summed E-state index contributed by atoms with van der Waals surface area (Å²) < 4.78 is 12.3. The molecule has 12 nitrogen and oxygen atoms in total. The van der Waals surface area contributed by atoms with E-state index >= 15 is 0 Å². The van der Waals surface area contributed by atoms with Gasteiger partial charge in [0, 0.05) is 18.8 Å². The Kier molecular flexibility index (Phi) is 7.16. The van der Waals surface area contributed by atoms with Crippen molar-refractivity contribution < 1.29 is 23.9 Å². The average molecular weight is 467 g/mol. The first-order valence-corrected chi connectivity index (χ1v) is 10.9. The number of rotatable bonds is 3. The van der Waals surface area contributed by atoms with Crippen LogP contribution in [0.1, 0.15) is 40.0 Å². The van der Waals surface area contributed by atoms with Gasteiger partial charge in [0.15, 0.2) is 5.65 Å². The molecule has 3 heterocycles. The molecule has 4 rings (SSSR count). The van der Waals surface area contributed by atoms with Gasteiger partial charge in [0.2, 0.25) is 5.91 Å². The zero-order valence-electron chi connectivity index (χ0n) is 18.6. The molecule has 0 radical (unpaired) electrons. The van der Waals surface area contributed by atoms with Gasteiger partial charge in [-0.25, -0.2) is 0 Å². The molecule has 0 spiro atoms. The SMILES string of the molecule is COc1ccc2c(c1)OCCNC(=O)[C@@H](NC(=O)c1ccc3nnnn3c1)CCCCNC2=O. The van der Waals surface area contributed by atoms with E-state index in [9.17, 15) is 14.4 Å². The van der Waals surface area contributed by atoms with Gasteiger partial charge in [0.25, 0.3) is 11.8 Å². The monoisotopic (exact) mass is 467 g/mol. The zero-order chi connectivity index (χ0) is 23.9. The molecule has 178 valence electrons. The maximum atomic E-state index is 12.8. The second-order valence-corrected chi connectivity index (χ2v) is 7.68. The second kappa shape index (κ2) is 10.6.